The molecular formula is C22H21NO3S. The lowest BCUT2D eigenvalue weighted by molar-refractivity contribution is -0.154. The molecule has 0 aliphatic rings. The third-order valence-electron chi connectivity index (χ3n) is 4.17. The van der Waals surface area contributed by atoms with Gasteiger partial charge in [-0.1, -0.05) is 42.5 Å². The predicted octanol–water partition coefficient (Wildman–Crippen LogP) is 4.83. The molecule has 3 rings (SSSR count). The summed E-state index contributed by atoms with van der Waals surface area (Å²) in [6, 6.07) is 16.8. The van der Waals surface area contributed by atoms with Crippen LogP contribution >= 0.6 is 11.3 Å². The van der Waals surface area contributed by atoms with Crippen molar-refractivity contribution in [1.29, 1.82) is 0 Å². The van der Waals surface area contributed by atoms with Crippen LogP contribution in [0.2, 0.25) is 0 Å². The number of thiophene rings is 1. The highest BCUT2D eigenvalue weighted by Crippen LogP contribution is 2.23. The molecule has 4 nitrogen and oxygen atoms in total. The molecule has 27 heavy (non-hydrogen) atoms. The van der Waals surface area contributed by atoms with Crippen molar-refractivity contribution in [2.24, 2.45) is 0 Å². The second-order valence-corrected chi connectivity index (χ2v) is 7.18. The Hall–Kier alpha value is -2.92. The molecule has 0 radical (unpaired) electrons. The number of hydrogen-bond donors (Lipinski definition) is 1. The van der Waals surface area contributed by atoms with Gasteiger partial charge >= 0.3 is 5.97 Å². The Morgan fingerprint density at radius 1 is 1.07 bits per heavy atom. The predicted molar refractivity (Wildman–Crippen MR) is 108 cm³/mol. The molecule has 0 aliphatic carbocycles. The van der Waals surface area contributed by atoms with E-state index < -0.39 is 12.1 Å². The van der Waals surface area contributed by atoms with Crippen LogP contribution in [0.5, 0.6) is 0 Å². The van der Waals surface area contributed by atoms with Gasteiger partial charge in [-0.15, -0.1) is 0 Å². The maximum Gasteiger partial charge on any atom is 0.311 e. The van der Waals surface area contributed by atoms with Crippen LogP contribution in [0.1, 0.15) is 28.4 Å². The fourth-order valence-corrected chi connectivity index (χ4v) is 3.37. The Kier molecular flexibility index (Phi) is 6.04. The molecule has 0 bridgehead atoms. The molecular weight excluding hydrogens is 358 g/mol. The van der Waals surface area contributed by atoms with Gasteiger partial charge in [-0.05, 0) is 53.4 Å². The van der Waals surface area contributed by atoms with E-state index >= 15 is 0 Å². The average molecular weight is 379 g/mol. The van der Waals surface area contributed by atoms with Crippen molar-refractivity contribution in [3.8, 4) is 0 Å². The lowest BCUT2D eigenvalue weighted by Crippen LogP contribution is -2.26. The fraction of sp³-hybridized carbons (Fsp3) is 0.182. The first kappa shape index (κ1) is 18.9. The number of benzene rings is 2. The van der Waals surface area contributed by atoms with Gasteiger partial charge in [0, 0.05) is 11.3 Å². The van der Waals surface area contributed by atoms with Gasteiger partial charge in [0.15, 0.2) is 0 Å². The van der Waals surface area contributed by atoms with E-state index in [1.165, 1.54) is 11.3 Å². The van der Waals surface area contributed by atoms with Crippen LogP contribution in [0.25, 0.3) is 0 Å². The van der Waals surface area contributed by atoms with Crippen LogP contribution < -0.4 is 5.32 Å². The maximum absolute atomic E-state index is 12.9. The zero-order valence-electron chi connectivity index (χ0n) is 15.3. The number of anilines is 1. The van der Waals surface area contributed by atoms with E-state index in [4.69, 9.17) is 4.74 Å². The van der Waals surface area contributed by atoms with Crippen molar-refractivity contribution in [1.82, 2.24) is 0 Å². The van der Waals surface area contributed by atoms with Crippen LogP contribution in [0.15, 0.2) is 65.4 Å². The third-order valence-corrected chi connectivity index (χ3v) is 4.90. The molecule has 1 atom stereocenters. The van der Waals surface area contributed by atoms with E-state index in [2.05, 4.69) is 5.32 Å². The van der Waals surface area contributed by atoms with Crippen molar-refractivity contribution in [3.05, 3.63) is 87.6 Å². The highest BCUT2D eigenvalue weighted by atomic mass is 32.1. The first-order valence-electron chi connectivity index (χ1n) is 8.66. The summed E-state index contributed by atoms with van der Waals surface area (Å²) in [4.78, 5) is 25.3. The molecule has 0 unspecified atom stereocenters. The molecule has 1 amide bonds. The first-order valence-corrected chi connectivity index (χ1v) is 9.61. The minimum atomic E-state index is -1.00. The van der Waals surface area contributed by atoms with E-state index in [0.717, 1.165) is 22.4 Å². The normalized spacial score (nSPS) is 11.6. The quantitative estimate of drug-likeness (QED) is 0.624. The number of ether oxygens (including phenoxy) is 1. The standard InChI is InChI=1S/C22H21NO3S/c1-15-8-9-16(2)19(12-15)23-22(25)21(18-6-4-3-5-7-18)26-20(24)13-17-10-11-27-14-17/h3-12,14,21H,13H2,1-2H3,(H,23,25)/t21-/m0/s1. The van der Waals surface area contributed by atoms with Gasteiger partial charge in [0.05, 0.1) is 6.42 Å². The lowest BCUT2D eigenvalue weighted by atomic mass is 10.1. The zero-order valence-corrected chi connectivity index (χ0v) is 16.1. The fourth-order valence-electron chi connectivity index (χ4n) is 2.70. The first-order chi connectivity index (χ1) is 13.0. The summed E-state index contributed by atoms with van der Waals surface area (Å²) in [6.07, 6.45) is -0.860. The number of rotatable bonds is 6. The molecule has 0 fully saturated rings. The number of aryl methyl sites for hydroxylation is 2. The van der Waals surface area contributed by atoms with Crippen molar-refractivity contribution in [2.45, 2.75) is 26.4 Å². The monoisotopic (exact) mass is 379 g/mol. The Balaban J connectivity index is 1.80. The molecule has 1 aromatic heterocycles. The van der Waals surface area contributed by atoms with Crippen LogP contribution in [-0.4, -0.2) is 11.9 Å². The third kappa shape index (κ3) is 5.05. The molecule has 0 spiro atoms. The highest BCUT2D eigenvalue weighted by molar-refractivity contribution is 7.08. The maximum atomic E-state index is 12.9. The van der Waals surface area contributed by atoms with Crippen LogP contribution in [-0.2, 0) is 20.7 Å². The summed E-state index contributed by atoms with van der Waals surface area (Å²) in [5, 5.41) is 6.70. The number of carbonyl (C=O) groups is 2. The number of esters is 1. The molecule has 1 N–H and O–H groups in total. The SMILES string of the molecule is Cc1ccc(C)c(NC(=O)[C@@H](OC(=O)Cc2ccsc2)c2ccccc2)c1. The number of carbonyl (C=O) groups excluding carboxylic acids is 2. The van der Waals surface area contributed by atoms with Gasteiger partial charge < -0.3 is 10.1 Å². The van der Waals surface area contributed by atoms with Crippen LogP contribution in [0.4, 0.5) is 5.69 Å². The summed E-state index contributed by atoms with van der Waals surface area (Å²) in [5.74, 6) is -0.799. The van der Waals surface area contributed by atoms with Gasteiger partial charge in [0.1, 0.15) is 0 Å². The van der Waals surface area contributed by atoms with Crippen LogP contribution in [0.3, 0.4) is 0 Å². The van der Waals surface area contributed by atoms with E-state index in [1.54, 1.807) is 12.1 Å². The van der Waals surface area contributed by atoms with E-state index in [1.807, 2.05) is 67.1 Å². The van der Waals surface area contributed by atoms with Gasteiger partial charge in [-0.3, -0.25) is 9.59 Å². The molecule has 3 aromatic rings. The number of amides is 1. The smallest absolute Gasteiger partial charge is 0.311 e. The molecule has 0 saturated carbocycles. The van der Waals surface area contributed by atoms with E-state index in [-0.39, 0.29) is 12.3 Å². The summed E-state index contributed by atoms with van der Waals surface area (Å²) in [7, 11) is 0. The minimum absolute atomic E-state index is 0.142. The number of hydrogen-bond acceptors (Lipinski definition) is 4. The second kappa shape index (κ2) is 8.64. The number of nitrogens with one attached hydrogen (secondary N) is 1. The van der Waals surface area contributed by atoms with Gasteiger partial charge in [-0.2, -0.15) is 11.3 Å². The van der Waals surface area contributed by atoms with Crippen molar-refractivity contribution in [2.75, 3.05) is 5.32 Å². The largest absolute Gasteiger partial charge is 0.447 e. The van der Waals surface area contributed by atoms with E-state index in [0.29, 0.717) is 5.56 Å². The molecule has 2 aromatic carbocycles. The second-order valence-electron chi connectivity index (χ2n) is 6.40. The minimum Gasteiger partial charge on any atom is -0.447 e. The van der Waals surface area contributed by atoms with Crippen LogP contribution in [0, 0.1) is 13.8 Å². The Morgan fingerprint density at radius 3 is 2.56 bits per heavy atom. The van der Waals surface area contributed by atoms with Gasteiger partial charge in [0.25, 0.3) is 5.91 Å². The summed E-state index contributed by atoms with van der Waals surface area (Å²) < 4.78 is 5.57. The van der Waals surface area contributed by atoms with E-state index in [9.17, 15) is 9.59 Å². The topological polar surface area (TPSA) is 55.4 Å². The summed E-state index contributed by atoms with van der Waals surface area (Å²) in [5.41, 5.74) is 4.23. The Labute approximate surface area is 162 Å². The summed E-state index contributed by atoms with van der Waals surface area (Å²) in [6.45, 7) is 3.89. The zero-order chi connectivity index (χ0) is 19.2. The van der Waals surface area contributed by atoms with Crippen molar-refractivity contribution >= 4 is 28.9 Å². The van der Waals surface area contributed by atoms with Gasteiger partial charge in [-0.25, -0.2) is 0 Å². The molecule has 0 saturated heterocycles. The molecule has 138 valence electrons. The van der Waals surface area contributed by atoms with Crippen molar-refractivity contribution in [3.63, 3.8) is 0 Å². The molecule has 0 aliphatic heterocycles. The molecule has 5 heteroatoms. The highest BCUT2D eigenvalue weighted by Gasteiger charge is 2.25. The lowest BCUT2D eigenvalue weighted by Gasteiger charge is -2.19. The van der Waals surface area contributed by atoms with Gasteiger partial charge in [0.2, 0.25) is 6.10 Å². The van der Waals surface area contributed by atoms with Crippen molar-refractivity contribution < 1.29 is 14.3 Å². The Morgan fingerprint density at radius 2 is 1.85 bits per heavy atom. The average Bonchev–Trinajstić information content (AvgIpc) is 3.16. The summed E-state index contributed by atoms with van der Waals surface area (Å²) >= 11 is 1.52. The Bertz CT molecular complexity index is 920. The molecule has 1 heterocycles.